The summed E-state index contributed by atoms with van der Waals surface area (Å²) in [6.07, 6.45) is 4.77. The third-order valence-electron chi connectivity index (χ3n) is 3.04. The maximum Gasteiger partial charge on any atom is 0.200 e. The van der Waals surface area contributed by atoms with Crippen molar-refractivity contribution in [1.29, 1.82) is 0 Å². The van der Waals surface area contributed by atoms with E-state index in [4.69, 9.17) is 12.2 Å². The molecule has 0 aromatic heterocycles. The fourth-order valence-electron chi connectivity index (χ4n) is 2.10. The van der Waals surface area contributed by atoms with Gasteiger partial charge >= 0.3 is 0 Å². The number of nitrogens with zero attached hydrogens (tertiary/aromatic N) is 1. The van der Waals surface area contributed by atoms with Gasteiger partial charge in [0.05, 0.1) is 5.69 Å². The first kappa shape index (κ1) is 23.5. The van der Waals surface area contributed by atoms with Crippen LogP contribution in [-0.2, 0) is 0 Å². The molecular formula is C18H36N2OS. The van der Waals surface area contributed by atoms with Crippen molar-refractivity contribution < 1.29 is 0 Å². The predicted molar refractivity (Wildman–Crippen MR) is 103 cm³/mol. The Morgan fingerprint density at radius 1 is 1.00 bits per heavy atom. The van der Waals surface area contributed by atoms with E-state index < -0.39 is 0 Å². The fraction of sp³-hybridized carbons (Fsp3) is 0.778. The average molecular weight is 329 g/mol. The molecule has 0 heterocycles. The zero-order valence-electron chi connectivity index (χ0n) is 15.5. The third-order valence-corrected chi connectivity index (χ3v) is 3.46. The first-order valence-electron chi connectivity index (χ1n) is 8.95. The van der Waals surface area contributed by atoms with E-state index in [0.29, 0.717) is 4.51 Å². The molecule has 0 aliphatic rings. The van der Waals surface area contributed by atoms with Gasteiger partial charge < -0.3 is 10.2 Å². The van der Waals surface area contributed by atoms with Crippen LogP contribution in [0.2, 0.25) is 0 Å². The van der Waals surface area contributed by atoms with Gasteiger partial charge in [0.1, 0.15) is 4.51 Å². The van der Waals surface area contributed by atoms with Crippen molar-refractivity contribution in [2.75, 3.05) is 31.5 Å². The minimum Gasteiger partial charge on any atom is -0.384 e. The van der Waals surface area contributed by atoms with Crippen LogP contribution in [0.25, 0.3) is 0 Å². The molecule has 0 atom stereocenters. The lowest BCUT2D eigenvalue weighted by Crippen LogP contribution is -2.27. The zero-order chi connectivity index (χ0) is 17.4. The van der Waals surface area contributed by atoms with Crippen LogP contribution in [-0.4, -0.2) is 31.1 Å². The van der Waals surface area contributed by atoms with Crippen LogP contribution in [0.15, 0.2) is 10.9 Å². The Labute approximate surface area is 142 Å². The maximum atomic E-state index is 10.9. The summed E-state index contributed by atoms with van der Waals surface area (Å²) in [5.41, 5.74) is 0.846. The largest absolute Gasteiger partial charge is 0.384 e. The van der Waals surface area contributed by atoms with Gasteiger partial charge in [0, 0.05) is 12.6 Å². The summed E-state index contributed by atoms with van der Waals surface area (Å²) in [6.45, 7) is 16.9. The SMILES string of the molecule is CC.CC.CCCN(CCC)CCCCNc1cc(=O)c1=S. The number of rotatable bonds is 10. The standard InChI is InChI=1S/C14H24N2OS.2C2H6/c1-3-8-16(9-4-2)10-6-5-7-15-12-11-13(17)14(12)18;2*1-2/h11,15H,3-10H2,1-2H3;2*1-2H3. The van der Waals surface area contributed by atoms with Crippen molar-refractivity contribution in [3.63, 3.8) is 0 Å². The topological polar surface area (TPSA) is 32.3 Å². The minimum atomic E-state index is -0.00966. The molecule has 0 spiro atoms. The van der Waals surface area contributed by atoms with E-state index in [1.54, 1.807) is 6.07 Å². The van der Waals surface area contributed by atoms with Gasteiger partial charge in [-0.25, -0.2) is 0 Å². The lowest BCUT2D eigenvalue weighted by molar-refractivity contribution is 0.270. The smallest absolute Gasteiger partial charge is 0.200 e. The Kier molecular flexibility index (Phi) is 17.8. The summed E-state index contributed by atoms with van der Waals surface area (Å²) in [6, 6.07) is 1.59. The molecule has 1 aromatic carbocycles. The average Bonchev–Trinajstić information content (AvgIpc) is 2.57. The molecule has 0 fully saturated rings. The van der Waals surface area contributed by atoms with E-state index in [-0.39, 0.29) is 5.43 Å². The molecule has 3 nitrogen and oxygen atoms in total. The summed E-state index contributed by atoms with van der Waals surface area (Å²) in [7, 11) is 0. The molecule has 130 valence electrons. The van der Waals surface area contributed by atoms with Crippen molar-refractivity contribution in [3.05, 3.63) is 20.8 Å². The normalized spacial score (nSPS) is 9.77. The molecule has 0 amide bonds. The molecule has 0 bridgehead atoms. The van der Waals surface area contributed by atoms with Gasteiger partial charge in [-0.05, 0) is 45.3 Å². The van der Waals surface area contributed by atoms with Gasteiger partial charge in [-0.1, -0.05) is 53.8 Å². The molecule has 0 unspecified atom stereocenters. The highest BCUT2D eigenvalue weighted by Gasteiger charge is 2.05. The summed E-state index contributed by atoms with van der Waals surface area (Å²) in [5.74, 6) is 0. The van der Waals surface area contributed by atoms with Gasteiger partial charge in [-0.3, -0.25) is 4.79 Å². The Hall–Kier alpha value is -0.740. The molecule has 4 heteroatoms. The van der Waals surface area contributed by atoms with Crippen molar-refractivity contribution in [3.8, 4) is 0 Å². The van der Waals surface area contributed by atoms with E-state index in [0.717, 1.165) is 18.7 Å². The Balaban J connectivity index is 0. The lowest BCUT2D eigenvalue weighted by Gasteiger charge is -2.20. The van der Waals surface area contributed by atoms with Crippen molar-refractivity contribution in [2.24, 2.45) is 0 Å². The van der Waals surface area contributed by atoms with Crippen LogP contribution in [0, 0.1) is 4.51 Å². The van der Waals surface area contributed by atoms with Crippen LogP contribution in [0.4, 0.5) is 5.69 Å². The third kappa shape index (κ3) is 10.1. The van der Waals surface area contributed by atoms with Crippen molar-refractivity contribution in [1.82, 2.24) is 4.90 Å². The van der Waals surface area contributed by atoms with Gasteiger partial charge in [-0.2, -0.15) is 0 Å². The van der Waals surface area contributed by atoms with Crippen LogP contribution >= 0.6 is 12.2 Å². The molecule has 1 rings (SSSR count). The fourth-order valence-corrected chi connectivity index (χ4v) is 2.29. The number of hydrogen-bond donors (Lipinski definition) is 1. The number of hydrogen-bond acceptors (Lipinski definition) is 4. The highest BCUT2D eigenvalue weighted by Crippen LogP contribution is 2.08. The second kappa shape index (κ2) is 16.6. The van der Waals surface area contributed by atoms with Crippen LogP contribution in [0.3, 0.4) is 0 Å². The van der Waals surface area contributed by atoms with E-state index in [2.05, 4.69) is 24.1 Å². The highest BCUT2D eigenvalue weighted by atomic mass is 32.1. The molecule has 0 saturated carbocycles. The van der Waals surface area contributed by atoms with Gasteiger partial charge in [0.2, 0.25) is 5.43 Å². The molecule has 0 aliphatic heterocycles. The summed E-state index contributed by atoms with van der Waals surface area (Å²) in [4.78, 5) is 13.4. The first-order valence-corrected chi connectivity index (χ1v) is 9.36. The summed E-state index contributed by atoms with van der Waals surface area (Å²) < 4.78 is 0.466. The predicted octanol–water partition coefficient (Wildman–Crippen LogP) is 5.02. The van der Waals surface area contributed by atoms with Crippen molar-refractivity contribution in [2.45, 2.75) is 67.2 Å². The number of anilines is 1. The monoisotopic (exact) mass is 328 g/mol. The second-order valence-corrected chi connectivity index (χ2v) is 5.14. The molecule has 0 aliphatic carbocycles. The van der Waals surface area contributed by atoms with Gasteiger partial charge in [-0.15, -0.1) is 0 Å². The number of nitrogens with one attached hydrogen (secondary N) is 1. The summed E-state index contributed by atoms with van der Waals surface area (Å²) in [5, 5.41) is 3.22. The van der Waals surface area contributed by atoms with Gasteiger partial charge in [0.15, 0.2) is 0 Å². The molecule has 1 N–H and O–H groups in total. The summed E-state index contributed by atoms with van der Waals surface area (Å²) >= 11 is 4.93. The Morgan fingerprint density at radius 3 is 1.95 bits per heavy atom. The van der Waals surface area contributed by atoms with E-state index >= 15 is 0 Å². The maximum absolute atomic E-state index is 10.9. The van der Waals surface area contributed by atoms with E-state index in [1.807, 2.05) is 27.7 Å². The lowest BCUT2D eigenvalue weighted by atomic mass is 10.2. The highest BCUT2D eigenvalue weighted by molar-refractivity contribution is 7.71. The van der Waals surface area contributed by atoms with Crippen LogP contribution in [0.5, 0.6) is 0 Å². The van der Waals surface area contributed by atoms with E-state index in [9.17, 15) is 4.79 Å². The van der Waals surface area contributed by atoms with E-state index in [1.165, 1.54) is 38.9 Å². The molecule has 22 heavy (non-hydrogen) atoms. The zero-order valence-corrected chi connectivity index (χ0v) is 16.3. The van der Waals surface area contributed by atoms with Crippen LogP contribution in [0.1, 0.15) is 67.2 Å². The Bertz CT molecular complexity index is 405. The van der Waals surface area contributed by atoms with Gasteiger partial charge in [0.25, 0.3) is 0 Å². The second-order valence-electron chi connectivity index (χ2n) is 4.73. The molecular weight excluding hydrogens is 292 g/mol. The van der Waals surface area contributed by atoms with Crippen LogP contribution < -0.4 is 10.7 Å². The first-order chi connectivity index (χ1) is 10.7. The quantitative estimate of drug-likeness (QED) is 0.483. The molecule has 1 aromatic rings. The molecule has 0 saturated heterocycles. The number of unbranched alkanes of at least 4 members (excludes halogenated alkanes) is 1. The molecule has 0 radical (unpaired) electrons. The Morgan fingerprint density at radius 2 is 1.55 bits per heavy atom. The van der Waals surface area contributed by atoms with Crippen molar-refractivity contribution >= 4 is 17.9 Å². The minimum absolute atomic E-state index is 0.00966.